The first-order chi connectivity index (χ1) is 13.7. The van der Waals surface area contributed by atoms with Gasteiger partial charge in [-0.2, -0.15) is 0 Å². The smallest absolute Gasteiger partial charge is 0.215 e. The second kappa shape index (κ2) is 8.86. The molecule has 0 aromatic heterocycles. The van der Waals surface area contributed by atoms with Gasteiger partial charge in [-0.1, -0.05) is 83.6 Å². The van der Waals surface area contributed by atoms with Gasteiger partial charge in [0.2, 0.25) is 6.54 Å². The van der Waals surface area contributed by atoms with Crippen molar-refractivity contribution < 1.29 is 9.31 Å². The quantitative estimate of drug-likeness (QED) is 0.254. The maximum atomic E-state index is 14.3. The van der Waals surface area contributed by atoms with E-state index in [9.17, 15) is 14.5 Å². The summed E-state index contributed by atoms with van der Waals surface area (Å²) in [6.07, 6.45) is 0. The first kappa shape index (κ1) is 21.8. The molecular formula is C22H20BrFNO2PS. The van der Waals surface area contributed by atoms with E-state index in [4.69, 9.17) is 11.8 Å². The van der Waals surface area contributed by atoms with Crippen LogP contribution < -0.4 is 10.6 Å². The number of nitrogens with zero attached hydrogens (tertiary/aromatic N) is 1. The van der Waals surface area contributed by atoms with Crippen molar-refractivity contribution >= 4 is 44.4 Å². The standard InChI is InChI=1S/C22H20BrFNO2PS/c1-15-6-10-17(11-7-15)28(29,18-12-8-16(2)9-13-18)21(14-25(26)27)19-4-3-5-20(24)22(19)23/h3-13,21H,14H2,1-2H3/t21-/m0/s1. The van der Waals surface area contributed by atoms with E-state index in [-0.39, 0.29) is 15.9 Å². The van der Waals surface area contributed by atoms with Gasteiger partial charge in [-0.25, -0.2) is 4.39 Å². The van der Waals surface area contributed by atoms with Crippen molar-refractivity contribution in [3.63, 3.8) is 0 Å². The number of rotatable bonds is 6. The lowest BCUT2D eigenvalue weighted by atomic mass is 10.1. The van der Waals surface area contributed by atoms with Gasteiger partial charge >= 0.3 is 0 Å². The molecule has 0 saturated carbocycles. The van der Waals surface area contributed by atoms with Gasteiger partial charge in [0, 0.05) is 11.0 Å². The Morgan fingerprint density at radius 2 is 1.48 bits per heavy atom. The molecule has 0 saturated heterocycles. The summed E-state index contributed by atoms with van der Waals surface area (Å²) in [5.41, 5.74) is 2.04. The Balaban J connectivity index is 2.32. The molecule has 0 aliphatic heterocycles. The molecule has 3 rings (SSSR count). The summed E-state index contributed by atoms with van der Waals surface area (Å²) < 4.78 is 14.6. The van der Waals surface area contributed by atoms with Gasteiger partial charge in [0.15, 0.2) is 0 Å². The highest BCUT2D eigenvalue weighted by Gasteiger charge is 2.38. The third kappa shape index (κ3) is 4.50. The fraction of sp³-hybridized carbons (Fsp3) is 0.182. The van der Waals surface area contributed by atoms with E-state index >= 15 is 0 Å². The lowest BCUT2D eigenvalue weighted by molar-refractivity contribution is -0.479. The number of hydrogen-bond acceptors (Lipinski definition) is 3. The molecule has 0 unspecified atom stereocenters. The lowest BCUT2D eigenvalue weighted by Crippen LogP contribution is -2.26. The van der Waals surface area contributed by atoms with Crippen LogP contribution in [-0.4, -0.2) is 11.5 Å². The largest absolute Gasteiger partial charge is 0.265 e. The van der Waals surface area contributed by atoms with E-state index in [0.29, 0.717) is 5.56 Å². The molecule has 0 N–H and O–H groups in total. The number of halogens is 2. The maximum absolute atomic E-state index is 14.3. The zero-order valence-corrected chi connectivity index (χ0v) is 19.3. The molecule has 7 heteroatoms. The molecule has 0 amide bonds. The van der Waals surface area contributed by atoms with Crippen molar-refractivity contribution in [2.24, 2.45) is 0 Å². The van der Waals surface area contributed by atoms with Gasteiger partial charge in [-0.3, -0.25) is 10.1 Å². The molecule has 3 aromatic carbocycles. The maximum Gasteiger partial charge on any atom is 0.215 e. The van der Waals surface area contributed by atoms with Gasteiger partial charge in [0.1, 0.15) is 5.82 Å². The summed E-state index contributed by atoms with van der Waals surface area (Å²) >= 11 is 9.62. The molecule has 0 heterocycles. The highest BCUT2D eigenvalue weighted by Crippen LogP contribution is 2.58. The minimum Gasteiger partial charge on any atom is -0.265 e. The Kier molecular flexibility index (Phi) is 6.67. The molecule has 0 radical (unpaired) electrons. The fourth-order valence-electron chi connectivity index (χ4n) is 3.37. The average molecular weight is 492 g/mol. The Labute approximate surface area is 183 Å². The van der Waals surface area contributed by atoms with E-state index in [0.717, 1.165) is 21.7 Å². The van der Waals surface area contributed by atoms with Crippen molar-refractivity contribution in [3.05, 3.63) is 104 Å². The average Bonchev–Trinajstić information content (AvgIpc) is 2.69. The van der Waals surface area contributed by atoms with Crippen molar-refractivity contribution in [3.8, 4) is 0 Å². The first-order valence-electron chi connectivity index (χ1n) is 9.03. The molecule has 1 atom stereocenters. The van der Waals surface area contributed by atoms with Crippen LogP contribution in [-0.2, 0) is 11.8 Å². The van der Waals surface area contributed by atoms with Gasteiger partial charge in [-0.15, -0.1) is 0 Å². The summed E-state index contributed by atoms with van der Waals surface area (Å²) in [5.74, 6) is -0.454. The van der Waals surface area contributed by atoms with Crippen LogP contribution in [0.3, 0.4) is 0 Å². The first-order valence-corrected chi connectivity index (χ1v) is 12.7. The topological polar surface area (TPSA) is 43.1 Å². The van der Waals surface area contributed by atoms with Crippen molar-refractivity contribution in [1.29, 1.82) is 0 Å². The summed E-state index contributed by atoms with van der Waals surface area (Å²) in [7, 11) is 0. The van der Waals surface area contributed by atoms with E-state index < -0.39 is 17.5 Å². The third-order valence-electron chi connectivity index (χ3n) is 4.94. The predicted molar refractivity (Wildman–Crippen MR) is 125 cm³/mol. The molecule has 3 aromatic rings. The molecule has 150 valence electrons. The monoisotopic (exact) mass is 491 g/mol. The minimum atomic E-state index is -2.70. The molecule has 0 aliphatic carbocycles. The highest BCUT2D eigenvalue weighted by molar-refractivity contribution is 9.10. The van der Waals surface area contributed by atoms with Crippen molar-refractivity contribution in [1.82, 2.24) is 0 Å². The van der Waals surface area contributed by atoms with Gasteiger partial charge in [0.05, 0.1) is 10.1 Å². The number of benzene rings is 3. The van der Waals surface area contributed by atoms with E-state index in [1.165, 1.54) is 6.07 Å². The number of hydrogen-bond donors (Lipinski definition) is 0. The van der Waals surface area contributed by atoms with Crippen molar-refractivity contribution in [2.45, 2.75) is 19.5 Å². The zero-order chi connectivity index (χ0) is 21.2. The Hall–Kier alpha value is -1.88. The zero-order valence-electron chi connectivity index (χ0n) is 16.0. The highest BCUT2D eigenvalue weighted by atomic mass is 79.9. The van der Waals surface area contributed by atoms with Crippen molar-refractivity contribution in [2.75, 3.05) is 6.54 Å². The van der Waals surface area contributed by atoms with Gasteiger partial charge in [0.25, 0.3) is 0 Å². The molecule has 3 nitrogen and oxygen atoms in total. The van der Waals surface area contributed by atoms with E-state index in [1.807, 2.05) is 62.4 Å². The van der Waals surface area contributed by atoms with Crippen LogP contribution in [0.25, 0.3) is 0 Å². The van der Waals surface area contributed by atoms with Crippen LogP contribution in [0, 0.1) is 29.8 Å². The van der Waals surface area contributed by atoms with Crippen LogP contribution in [0.15, 0.2) is 71.2 Å². The SMILES string of the molecule is Cc1ccc(P(=S)(c2ccc(C)cc2)[C@@H](C[N+](=O)[O-])c2cccc(F)c2Br)cc1. The molecule has 0 fully saturated rings. The summed E-state index contributed by atoms with van der Waals surface area (Å²) in [5, 5.41) is 13.4. The Bertz CT molecular complexity index is 1040. The Morgan fingerprint density at radius 1 is 1.00 bits per heavy atom. The third-order valence-corrected chi connectivity index (χ3v) is 11.3. The van der Waals surface area contributed by atoms with Crippen LogP contribution in [0.2, 0.25) is 0 Å². The summed E-state index contributed by atoms with van der Waals surface area (Å²) in [6, 6.07) is 17.6. The minimum absolute atomic E-state index is 0.236. The Morgan fingerprint density at radius 3 is 1.93 bits per heavy atom. The fourth-order valence-corrected chi connectivity index (χ4v) is 8.53. The number of nitro groups is 1. The summed E-state index contributed by atoms with van der Waals surface area (Å²) in [4.78, 5) is 11.3. The van der Waals surface area contributed by atoms with Gasteiger partial charge < -0.3 is 0 Å². The van der Waals surface area contributed by atoms with Crippen LogP contribution in [0.1, 0.15) is 22.3 Å². The molecule has 0 aliphatic rings. The van der Waals surface area contributed by atoms with E-state index in [1.54, 1.807) is 12.1 Å². The molecular weight excluding hydrogens is 472 g/mol. The second-order valence-corrected chi connectivity index (χ2v) is 12.5. The normalized spacial score (nSPS) is 12.6. The van der Waals surface area contributed by atoms with Gasteiger partial charge in [-0.05, 0) is 52.0 Å². The number of aryl methyl sites for hydroxylation is 2. The molecule has 0 spiro atoms. The summed E-state index contributed by atoms with van der Waals surface area (Å²) in [6.45, 7) is 3.59. The predicted octanol–water partition coefficient (Wildman–Crippen LogP) is 5.65. The van der Waals surface area contributed by atoms with Crippen LogP contribution in [0.4, 0.5) is 4.39 Å². The van der Waals surface area contributed by atoms with Crippen LogP contribution >= 0.6 is 22.0 Å². The molecule has 0 bridgehead atoms. The lowest BCUT2D eigenvalue weighted by Gasteiger charge is -2.31. The second-order valence-electron chi connectivity index (χ2n) is 7.00. The van der Waals surface area contributed by atoms with Crippen LogP contribution in [0.5, 0.6) is 0 Å². The van der Waals surface area contributed by atoms with E-state index in [2.05, 4.69) is 15.9 Å². The molecule has 29 heavy (non-hydrogen) atoms.